The van der Waals surface area contributed by atoms with Crippen molar-refractivity contribution in [1.82, 2.24) is 20.2 Å². The van der Waals surface area contributed by atoms with Crippen molar-refractivity contribution in [1.29, 1.82) is 0 Å². The number of likely N-dealkylation sites (N-methyl/N-ethyl adjacent to an activating group) is 1. The maximum absolute atomic E-state index is 4.44. The van der Waals surface area contributed by atoms with Crippen LogP contribution in [0, 0.1) is 6.92 Å². The zero-order chi connectivity index (χ0) is 10.7. The van der Waals surface area contributed by atoms with Gasteiger partial charge in [-0.15, -0.1) is 0 Å². The fourth-order valence-corrected chi connectivity index (χ4v) is 1.90. The van der Waals surface area contributed by atoms with Crippen molar-refractivity contribution in [3.63, 3.8) is 0 Å². The van der Waals surface area contributed by atoms with Gasteiger partial charge in [-0.25, -0.2) is 9.97 Å². The van der Waals surface area contributed by atoms with E-state index in [-0.39, 0.29) is 0 Å². The zero-order valence-corrected chi connectivity index (χ0v) is 9.40. The van der Waals surface area contributed by atoms with Gasteiger partial charge in [0.1, 0.15) is 5.82 Å². The molecular formula is C11H18N4. The predicted octanol–water partition coefficient (Wildman–Crippen LogP) is 0.231. The number of rotatable bonds is 2. The molecule has 82 valence electrons. The zero-order valence-electron chi connectivity index (χ0n) is 9.40. The molecule has 1 aromatic rings. The van der Waals surface area contributed by atoms with Gasteiger partial charge in [0.2, 0.25) is 0 Å². The average Bonchev–Trinajstić information content (AvgIpc) is 2.22. The van der Waals surface area contributed by atoms with Crippen LogP contribution in [0.4, 0.5) is 0 Å². The van der Waals surface area contributed by atoms with Crippen molar-refractivity contribution >= 4 is 0 Å². The highest BCUT2D eigenvalue weighted by molar-refractivity contribution is 5.01. The molecule has 0 amide bonds. The average molecular weight is 206 g/mol. The summed E-state index contributed by atoms with van der Waals surface area (Å²) in [5, 5.41) is 3.40. The topological polar surface area (TPSA) is 41.1 Å². The van der Waals surface area contributed by atoms with Gasteiger partial charge in [0.05, 0.1) is 0 Å². The predicted molar refractivity (Wildman–Crippen MR) is 59.8 cm³/mol. The second kappa shape index (κ2) is 4.68. The first-order chi connectivity index (χ1) is 7.25. The number of nitrogens with zero attached hydrogens (tertiary/aromatic N) is 3. The van der Waals surface area contributed by atoms with Crippen molar-refractivity contribution in [3.8, 4) is 0 Å². The summed E-state index contributed by atoms with van der Waals surface area (Å²) in [6, 6.07) is 2.47. The summed E-state index contributed by atoms with van der Waals surface area (Å²) in [6.07, 6.45) is 2.78. The van der Waals surface area contributed by atoms with E-state index in [1.165, 1.54) is 0 Å². The van der Waals surface area contributed by atoms with Crippen LogP contribution in [-0.2, 0) is 6.42 Å². The van der Waals surface area contributed by atoms with E-state index in [4.69, 9.17) is 0 Å². The van der Waals surface area contributed by atoms with E-state index in [1.54, 1.807) is 0 Å². The summed E-state index contributed by atoms with van der Waals surface area (Å²) in [5.41, 5.74) is 1.05. The van der Waals surface area contributed by atoms with Gasteiger partial charge in [0.25, 0.3) is 0 Å². The van der Waals surface area contributed by atoms with Crippen LogP contribution < -0.4 is 5.32 Å². The van der Waals surface area contributed by atoms with Crippen molar-refractivity contribution in [2.45, 2.75) is 19.4 Å². The van der Waals surface area contributed by atoms with E-state index in [9.17, 15) is 0 Å². The molecule has 0 radical (unpaired) electrons. The molecule has 1 fully saturated rings. The van der Waals surface area contributed by atoms with E-state index in [0.717, 1.165) is 37.6 Å². The Labute approximate surface area is 90.7 Å². The number of piperazine rings is 1. The lowest BCUT2D eigenvalue weighted by atomic mass is 10.1. The van der Waals surface area contributed by atoms with Gasteiger partial charge in [-0.1, -0.05) is 0 Å². The Bertz CT molecular complexity index is 326. The lowest BCUT2D eigenvalue weighted by Crippen LogP contribution is -2.50. The second-order valence-corrected chi connectivity index (χ2v) is 4.16. The van der Waals surface area contributed by atoms with Crippen LogP contribution in [0.1, 0.15) is 11.5 Å². The minimum Gasteiger partial charge on any atom is -0.314 e. The highest BCUT2D eigenvalue weighted by Crippen LogP contribution is 2.06. The van der Waals surface area contributed by atoms with E-state index in [0.29, 0.717) is 6.04 Å². The molecule has 2 rings (SSSR count). The summed E-state index contributed by atoms with van der Waals surface area (Å²) in [6.45, 7) is 5.24. The number of aryl methyl sites for hydroxylation is 1. The molecule has 4 heteroatoms. The molecule has 0 saturated carbocycles. The van der Waals surface area contributed by atoms with Gasteiger partial charge in [-0.05, 0) is 20.0 Å². The van der Waals surface area contributed by atoms with Crippen molar-refractivity contribution in [2.75, 3.05) is 26.7 Å². The Morgan fingerprint density at radius 1 is 1.60 bits per heavy atom. The molecule has 0 aromatic carbocycles. The van der Waals surface area contributed by atoms with Crippen LogP contribution in [0.15, 0.2) is 12.3 Å². The quantitative estimate of drug-likeness (QED) is 0.752. The molecule has 1 saturated heterocycles. The number of nitrogens with one attached hydrogen (secondary N) is 1. The van der Waals surface area contributed by atoms with E-state index in [2.05, 4.69) is 27.2 Å². The molecule has 15 heavy (non-hydrogen) atoms. The third kappa shape index (κ3) is 2.73. The molecule has 0 aliphatic carbocycles. The number of hydrogen-bond acceptors (Lipinski definition) is 4. The minimum absolute atomic E-state index is 0.528. The standard InChI is InChI=1S/C11H18N4/c1-9-3-4-13-11(14-9)7-10-8-12-5-6-15(10)2/h3-4,10,12H,5-8H2,1-2H3. The van der Waals surface area contributed by atoms with Crippen LogP contribution in [0.2, 0.25) is 0 Å². The number of hydrogen-bond donors (Lipinski definition) is 1. The van der Waals surface area contributed by atoms with Gasteiger partial charge in [0.15, 0.2) is 0 Å². The Morgan fingerprint density at radius 3 is 3.20 bits per heavy atom. The van der Waals surface area contributed by atoms with Gasteiger partial charge in [0, 0.05) is 44.0 Å². The lowest BCUT2D eigenvalue weighted by Gasteiger charge is -2.32. The largest absolute Gasteiger partial charge is 0.314 e. The van der Waals surface area contributed by atoms with Crippen LogP contribution >= 0.6 is 0 Å². The monoisotopic (exact) mass is 206 g/mol. The summed E-state index contributed by atoms with van der Waals surface area (Å²) in [5.74, 6) is 0.954. The molecular weight excluding hydrogens is 188 g/mol. The Balaban J connectivity index is 2.01. The first kappa shape index (κ1) is 10.5. The molecule has 1 unspecified atom stereocenters. The fourth-order valence-electron chi connectivity index (χ4n) is 1.90. The Hall–Kier alpha value is -1.00. The molecule has 1 N–H and O–H groups in total. The Kier molecular flexibility index (Phi) is 3.28. The summed E-state index contributed by atoms with van der Waals surface area (Å²) in [7, 11) is 2.17. The van der Waals surface area contributed by atoms with Gasteiger partial charge in [-0.3, -0.25) is 0 Å². The molecule has 1 aliphatic rings. The second-order valence-electron chi connectivity index (χ2n) is 4.16. The fraction of sp³-hybridized carbons (Fsp3) is 0.636. The van der Waals surface area contributed by atoms with Crippen molar-refractivity contribution in [3.05, 3.63) is 23.8 Å². The molecule has 1 atom stereocenters. The molecule has 0 bridgehead atoms. The van der Waals surface area contributed by atoms with Gasteiger partial charge in [-0.2, -0.15) is 0 Å². The highest BCUT2D eigenvalue weighted by atomic mass is 15.2. The SMILES string of the molecule is Cc1ccnc(CC2CNCCN2C)n1. The summed E-state index contributed by atoms with van der Waals surface area (Å²) < 4.78 is 0. The molecule has 1 aliphatic heterocycles. The van der Waals surface area contributed by atoms with Crippen LogP contribution in [0.25, 0.3) is 0 Å². The van der Waals surface area contributed by atoms with Gasteiger partial charge < -0.3 is 10.2 Å². The summed E-state index contributed by atoms with van der Waals surface area (Å²) >= 11 is 0. The maximum Gasteiger partial charge on any atom is 0.130 e. The normalized spacial score (nSPS) is 22.9. The Morgan fingerprint density at radius 2 is 2.47 bits per heavy atom. The third-order valence-corrected chi connectivity index (χ3v) is 2.91. The summed E-state index contributed by atoms with van der Waals surface area (Å²) in [4.78, 5) is 11.1. The first-order valence-electron chi connectivity index (χ1n) is 5.45. The van der Waals surface area contributed by atoms with E-state index < -0.39 is 0 Å². The van der Waals surface area contributed by atoms with Crippen molar-refractivity contribution < 1.29 is 0 Å². The molecule has 1 aromatic heterocycles. The first-order valence-corrected chi connectivity index (χ1v) is 5.45. The van der Waals surface area contributed by atoms with E-state index in [1.807, 2.05) is 19.2 Å². The molecule has 4 nitrogen and oxygen atoms in total. The van der Waals surface area contributed by atoms with E-state index >= 15 is 0 Å². The maximum atomic E-state index is 4.44. The smallest absolute Gasteiger partial charge is 0.130 e. The molecule has 0 spiro atoms. The highest BCUT2D eigenvalue weighted by Gasteiger charge is 2.19. The molecule has 2 heterocycles. The van der Waals surface area contributed by atoms with Crippen LogP contribution in [0.3, 0.4) is 0 Å². The third-order valence-electron chi connectivity index (χ3n) is 2.91. The lowest BCUT2D eigenvalue weighted by molar-refractivity contribution is 0.197. The van der Waals surface area contributed by atoms with Gasteiger partial charge >= 0.3 is 0 Å². The minimum atomic E-state index is 0.528. The number of aromatic nitrogens is 2. The van der Waals surface area contributed by atoms with Crippen molar-refractivity contribution in [2.24, 2.45) is 0 Å². The van der Waals surface area contributed by atoms with Crippen LogP contribution in [-0.4, -0.2) is 47.6 Å². The van der Waals surface area contributed by atoms with Crippen LogP contribution in [0.5, 0.6) is 0 Å².